The van der Waals surface area contributed by atoms with Crippen LogP contribution in [0.5, 0.6) is 0 Å². The second kappa shape index (κ2) is 6.06. The normalized spacial score (nSPS) is 14.2. The second-order valence-electron chi connectivity index (χ2n) is 3.47. The summed E-state index contributed by atoms with van der Waals surface area (Å²) in [5.74, 6) is -5.81. The average Bonchev–Trinajstić information content (AvgIpc) is 2.11. The van der Waals surface area contributed by atoms with Crippen LogP contribution >= 0.6 is 0 Å². The van der Waals surface area contributed by atoms with Crippen molar-refractivity contribution in [3.8, 4) is 0 Å². The van der Waals surface area contributed by atoms with Gasteiger partial charge in [0.15, 0.2) is 6.10 Å². The predicted molar refractivity (Wildman–Crippen MR) is 50.6 cm³/mol. The maximum absolute atomic E-state index is 11.2. The summed E-state index contributed by atoms with van der Waals surface area (Å²) in [5.41, 5.74) is 0. The lowest BCUT2D eigenvalue weighted by Crippen LogP contribution is -2.38. The Morgan fingerprint density at radius 3 is 2.00 bits per heavy atom. The first kappa shape index (κ1) is 14.4. The number of carbonyl (C=O) groups excluding carboxylic acids is 1. The summed E-state index contributed by atoms with van der Waals surface area (Å²) in [6, 6.07) is 0. The van der Waals surface area contributed by atoms with Crippen LogP contribution in [0.2, 0.25) is 0 Å². The van der Waals surface area contributed by atoms with Crippen molar-refractivity contribution in [3.63, 3.8) is 0 Å². The van der Waals surface area contributed by atoms with Crippen LogP contribution in [-0.4, -0.2) is 45.4 Å². The van der Waals surface area contributed by atoms with Gasteiger partial charge in [-0.2, -0.15) is 0 Å². The number of carboxylic acids is 2. The zero-order valence-corrected chi connectivity index (χ0v) is 8.91. The van der Waals surface area contributed by atoms with Gasteiger partial charge in [0.25, 0.3) is 0 Å². The van der Waals surface area contributed by atoms with Crippen molar-refractivity contribution in [3.05, 3.63) is 0 Å². The summed E-state index contributed by atoms with van der Waals surface area (Å²) in [4.78, 5) is 32.1. The molecule has 0 aromatic rings. The van der Waals surface area contributed by atoms with E-state index in [2.05, 4.69) is 4.74 Å². The van der Waals surface area contributed by atoms with E-state index in [-0.39, 0.29) is 0 Å². The van der Waals surface area contributed by atoms with E-state index in [1.165, 1.54) is 13.8 Å². The van der Waals surface area contributed by atoms with E-state index in [1.807, 2.05) is 0 Å². The molecular formula is C9H14O7. The van der Waals surface area contributed by atoms with Crippen LogP contribution in [0.25, 0.3) is 0 Å². The number of aliphatic hydroxyl groups excluding tert-OH is 1. The third kappa shape index (κ3) is 4.74. The van der Waals surface area contributed by atoms with Crippen molar-refractivity contribution in [2.45, 2.75) is 32.5 Å². The molecule has 92 valence electrons. The van der Waals surface area contributed by atoms with E-state index < -0.39 is 42.5 Å². The van der Waals surface area contributed by atoms with Gasteiger partial charge in [-0.05, 0) is 13.8 Å². The summed E-state index contributed by atoms with van der Waals surface area (Å²) < 4.78 is 4.58. The molecule has 0 aliphatic rings. The first-order valence-electron chi connectivity index (χ1n) is 4.58. The van der Waals surface area contributed by atoms with Crippen molar-refractivity contribution in [1.82, 2.24) is 0 Å². The quantitative estimate of drug-likeness (QED) is 0.528. The number of hydrogen-bond acceptors (Lipinski definition) is 5. The highest BCUT2D eigenvalue weighted by Gasteiger charge is 2.35. The molecule has 0 aromatic heterocycles. The molecule has 0 radical (unpaired) electrons. The van der Waals surface area contributed by atoms with Crippen molar-refractivity contribution in [2.24, 2.45) is 5.92 Å². The Kier molecular flexibility index (Phi) is 5.44. The largest absolute Gasteiger partial charge is 0.481 e. The average molecular weight is 234 g/mol. The van der Waals surface area contributed by atoms with Crippen molar-refractivity contribution >= 4 is 17.9 Å². The fraction of sp³-hybridized carbons (Fsp3) is 0.667. The topological polar surface area (TPSA) is 121 Å². The summed E-state index contributed by atoms with van der Waals surface area (Å²) in [7, 11) is 0. The summed E-state index contributed by atoms with van der Waals surface area (Å²) in [6.45, 7) is 3.05. The van der Waals surface area contributed by atoms with Gasteiger partial charge in [0, 0.05) is 0 Å². The third-order valence-corrected chi connectivity index (χ3v) is 1.69. The number of esters is 1. The first-order valence-corrected chi connectivity index (χ1v) is 4.58. The number of hydrogen-bond donors (Lipinski definition) is 3. The SMILES string of the molecule is CC(C)OC(=O)C(O)C(CC(=O)O)C(=O)O. The Morgan fingerprint density at radius 1 is 1.19 bits per heavy atom. The Morgan fingerprint density at radius 2 is 1.69 bits per heavy atom. The number of ether oxygens (including phenoxy) is 1. The Balaban J connectivity index is 4.60. The molecule has 0 aliphatic carbocycles. The number of carbonyl (C=O) groups is 3. The Bertz CT molecular complexity index is 284. The van der Waals surface area contributed by atoms with Gasteiger partial charge in [0.1, 0.15) is 5.92 Å². The molecule has 0 heterocycles. The number of aliphatic carboxylic acids is 2. The lowest BCUT2D eigenvalue weighted by molar-refractivity contribution is -0.168. The minimum Gasteiger partial charge on any atom is -0.481 e. The number of carboxylic acid groups (broad SMARTS) is 2. The van der Waals surface area contributed by atoms with E-state index in [4.69, 9.17) is 10.2 Å². The van der Waals surface area contributed by atoms with Crippen LogP contribution in [0.4, 0.5) is 0 Å². The number of rotatable bonds is 6. The van der Waals surface area contributed by atoms with Gasteiger partial charge in [0.05, 0.1) is 12.5 Å². The van der Waals surface area contributed by atoms with Crippen molar-refractivity contribution in [2.75, 3.05) is 0 Å². The third-order valence-electron chi connectivity index (χ3n) is 1.69. The molecule has 0 aromatic carbocycles. The fourth-order valence-corrected chi connectivity index (χ4v) is 0.988. The van der Waals surface area contributed by atoms with Crippen molar-refractivity contribution in [1.29, 1.82) is 0 Å². The van der Waals surface area contributed by atoms with Gasteiger partial charge in [-0.25, -0.2) is 4.79 Å². The molecule has 0 saturated carbocycles. The first-order chi connectivity index (χ1) is 7.25. The molecule has 16 heavy (non-hydrogen) atoms. The smallest absolute Gasteiger partial charge is 0.336 e. The minimum absolute atomic E-state index is 0.513. The van der Waals surface area contributed by atoms with Gasteiger partial charge >= 0.3 is 17.9 Å². The van der Waals surface area contributed by atoms with E-state index in [0.717, 1.165) is 0 Å². The van der Waals surface area contributed by atoms with Gasteiger partial charge in [0.2, 0.25) is 0 Å². The van der Waals surface area contributed by atoms with Gasteiger partial charge in [-0.15, -0.1) is 0 Å². The molecule has 2 unspecified atom stereocenters. The molecule has 7 nitrogen and oxygen atoms in total. The molecule has 0 fully saturated rings. The zero-order valence-electron chi connectivity index (χ0n) is 8.91. The monoisotopic (exact) mass is 234 g/mol. The molecule has 0 bridgehead atoms. The Labute approximate surface area is 91.6 Å². The summed E-state index contributed by atoms with van der Waals surface area (Å²) in [6.07, 6.45) is -3.33. The minimum atomic E-state index is -1.98. The van der Waals surface area contributed by atoms with E-state index in [0.29, 0.717) is 0 Å². The van der Waals surface area contributed by atoms with Crippen LogP contribution in [0.15, 0.2) is 0 Å². The van der Waals surface area contributed by atoms with E-state index >= 15 is 0 Å². The van der Waals surface area contributed by atoms with E-state index in [9.17, 15) is 19.5 Å². The van der Waals surface area contributed by atoms with Crippen LogP contribution in [-0.2, 0) is 19.1 Å². The molecule has 0 spiro atoms. The molecule has 0 aliphatic heterocycles. The highest BCUT2D eigenvalue weighted by Crippen LogP contribution is 2.12. The molecular weight excluding hydrogens is 220 g/mol. The predicted octanol–water partition coefficient (Wildman–Crippen LogP) is -0.526. The van der Waals surface area contributed by atoms with Crippen LogP contribution in [0.3, 0.4) is 0 Å². The van der Waals surface area contributed by atoms with Crippen LogP contribution in [0, 0.1) is 5.92 Å². The number of aliphatic hydroxyl groups is 1. The molecule has 3 N–H and O–H groups in total. The van der Waals surface area contributed by atoms with Crippen molar-refractivity contribution < 1.29 is 34.4 Å². The highest BCUT2D eigenvalue weighted by molar-refractivity contribution is 5.85. The maximum atomic E-state index is 11.2. The molecule has 2 atom stereocenters. The highest BCUT2D eigenvalue weighted by atomic mass is 16.6. The van der Waals surface area contributed by atoms with Gasteiger partial charge < -0.3 is 20.1 Å². The Hall–Kier alpha value is -1.63. The zero-order chi connectivity index (χ0) is 12.9. The van der Waals surface area contributed by atoms with E-state index in [1.54, 1.807) is 0 Å². The summed E-state index contributed by atoms with van der Waals surface area (Å²) >= 11 is 0. The molecule has 0 rings (SSSR count). The second-order valence-corrected chi connectivity index (χ2v) is 3.47. The lowest BCUT2D eigenvalue weighted by Gasteiger charge is -2.17. The molecule has 0 saturated heterocycles. The van der Waals surface area contributed by atoms with Crippen LogP contribution < -0.4 is 0 Å². The van der Waals surface area contributed by atoms with Gasteiger partial charge in [-0.1, -0.05) is 0 Å². The summed E-state index contributed by atoms with van der Waals surface area (Å²) in [5, 5.41) is 26.4. The lowest BCUT2D eigenvalue weighted by atomic mass is 9.99. The van der Waals surface area contributed by atoms with Gasteiger partial charge in [-0.3, -0.25) is 9.59 Å². The molecule has 7 heteroatoms. The standard InChI is InChI=1S/C9H14O7/c1-4(2)16-9(15)7(12)5(8(13)14)3-6(10)11/h4-5,7,12H,3H2,1-2H3,(H,10,11)(H,13,14). The molecule has 0 amide bonds. The fourth-order valence-electron chi connectivity index (χ4n) is 0.988. The van der Waals surface area contributed by atoms with Crippen LogP contribution in [0.1, 0.15) is 20.3 Å². The maximum Gasteiger partial charge on any atom is 0.336 e.